The molecule has 16 heavy (non-hydrogen) atoms. The standard InChI is InChI=1S/C13H21N3/c1-15-7-4-11-12(15)8-10(14)9-13(11)16-5-2-3-6-16/h4,7,10,13H,2-3,5-6,8-9,14H2,1H3. The van der Waals surface area contributed by atoms with E-state index in [1.165, 1.54) is 37.2 Å². The Labute approximate surface area is 97.2 Å². The van der Waals surface area contributed by atoms with Gasteiger partial charge in [-0.15, -0.1) is 0 Å². The highest BCUT2D eigenvalue weighted by Gasteiger charge is 2.32. The summed E-state index contributed by atoms with van der Waals surface area (Å²) in [6, 6.07) is 3.22. The van der Waals surface area contributed by atoms with E-state index in [4.69, 9.17) is 5.73 Å². The summed E-state index contributed by atoms with van der Waals surface area (Å²) in [5, 5.41) is 0. The van der Waals surface area contributed by atoms with Crippen LogP contribution in [0.2, 0.25) is 0 Å². The minimum atomic E-state index is 0.340. The quantitative estimate of drug-likeness (QED) is 0.775. The van der Waals surface area contributed by atoms with Gasteiger partial charge in [-0.1, -0.05) is 0 Å². The monoisotopic (exact) mass is 219 g/mol. The third-order valence-corrected chi connectivity index (χ3v) is 4.16. The first-order valence-corrected chi connectivity index (χ1v) is 6.39. The lowest BCUT2D eigenvalue weighted by atomic mass is 9.88. The Morgan fingerprint density at radius 2 is 2.06 bits per heavy atom. The molecule has 1 aliphatic heterocycles. The molecule has 2 unspecified atom stereocenters. The van der Waals surface area contributed by atoms with Crippen molar-refractivity contribution < 1.29 is 0 Å². The molecule has 0 amide bonds. The van der Waals surface area contributed by atoms with Gasteiger partial charge in [-0.25, -0.2) is 0 Å². The van der Waals surface area contributed by atoms with E-state index >= 15 is 0 Å². The molecule has 2 aliphatic rings. The lowest BCUT2D eigenvalue weighted by Gasteiger charge is -2.34. The fraction of sp³-hybridized carbons (Fsp3) is 0.692. The average Bonchev–Trinajstić information content (AvgIpc) is 2.88. The van der Waals surface area contributed by atoms with Gasteiger partial charge < -0.3 is 10.3 Å². The molecule has 1 aliphatic carbocycles. The minimum Gasteiger partial charge on any atom is -0.354 e. The topological polar surface area (TPSA) is 34.2 Å². The molecule has 0 bridgehead atoms. The zero-order chi connectivity index (χ0) is 11.1. The molecule has 2 heterocycles. The number of rotatable bonds is 1. The molecule has 2 atom stereocenters. The van der Waals surface area contributed by atoms with Gasteiger partial charge in [-0.3, -0.25) is 4.90 Å². The highest BCUT2D eigenvalue weighted by atomic mass is 15.2. The lowest BCUT2D eigenvalue weighted by molar-refractivity contribution is 0.211. The van der Waals surface area contributed by atoms with Gasteiger partial charge in [0.25, 0.3) is 0 Å². The number of fused-ring (bicyclic) bond motifs is 1. The van der Waals surface area contributed by atoms with E-state index in [9.17, 15) is 0 Å². The van der Waals surface area contributed by atoms with Crippen molar-refractivity contribution in [1.82, 2.24) is 9.47 Å². The van der Waals surface area contributed by atoms with Crippen LogP contribution in [0.4, 0.5) is 0 Å². The molecule has 0 spiro atoms. The Hall–Kier alpha value is -0.800. The van der Waals surface area contributed by atoms with Crippen LogP contribution in [0, 0.1) is 0 Å². The first-order chi connectivity index (χ1) is 7.75. The summed E-state index contributed by atoms with van der Waals surface area (Å²) in [7, 11) is 2.14. The predicted molar refractivity (Wildman–Crippen MR) is 65.3 cm³/mol. The number of aromatic nitrogens is 1. The number of nitrogens with zero attached hydrogens (tertiary/aromatic N) is 2. The maximum Gasteiger partial charge on any atom is 0.0380 e. The van der Waals surface area contributed by atoms with E-state index in [1.807, 2.05) is 0 Å². The molecule has 3 heteroatoms. The molecule has 0 saturated carbocycles. The first kappa shape index (κ1) is 10.4. The fourth-order valence-corrected chi connectivity index (χ4v) is 3.29. The molecular formula is C13H21N3. The summed E-state index contributed by atoms with van der Waals surface area (Å²) in [6.45, 7) is 2.51. The number of nitrogens with two attached hydrogens (primary N) is 1. The van der Waals surface area contributed by atoms with E-state index in [2.05, 4.69) is 28.8 Å². The third-order valence-electron chi connectivity index (χ3n) is 4.16. The Kier molecular flexibility index (Phi) is 2.52. The van der Waals surface area contributed by atoms with Crippen LogP contribution in [0.3, 0.4) is 0 Å². The van der Waals surface area contributed by atoms with Gasteiger partial charge in [0, 0.05) is 37.4 Å². The van der Waals surface area contributed by atoms with Crippen molar-refractivity contribution in [2.24, 2.45) is 12.8 Å². The summed E-state index contributed by atoms with van der Waals surface area (Å²) in [5.41, 5.74) is 9.18. The number of aryl methyl sites for hydroxylation is 1. The van der Waals surface area contributed by atoms with Gasteiger partial charge in [-0.05, 0) is 44.0 Å². The maximum absolute atomic E-state index is 6.20. The van der Waals surface area contributed by atoms with Crippen molar-refractivity contribution in [3.8, 4) is 0 Å². The summed E-state index contributed by atoms with van der Waals surface area (Å²) in [4.78, 5) is 2.62. The van der Waals surface area contributed by atoms with Crippen molar-refractivity contribution in [2.45, 2.75) is 37.8 Å². The molecule has 0 aromatic carbocycles. The molecule has 2 N–H and O–H groups in total. The van der Waals surface area contributed by atoms with Crippen LogP contribution in [0.15, 0.2) is 12.3 Å². The van der Waals surface area contributed by atoms with Crippen LogP contribution in [-0.4, -0.2) is 28.6 Å². The molecule has 1 aromatic rings. The van der Waals surface area contributed by atoms with Gasteiger partial charge in [0.2, 0.25) is 0 Å². The molecule has 0 radical (unpaired) electrons. The average molecular weight is 219 g/mol. The molecule has 1 fully saturated rings. The second-order valence-electron chi connectivity index (χ2n) is 5.29. The largest absolute Gasteiger partial charge is 0.354 e. The van der Waals surface area contributed by atoms with Crippen LogP contribution >= 0.6 is 0 Å². The summed E-state index contributed by atoms with van der Waals surface area (Å²) >= 11 is 0. The lowest BCUT2D eigenvalue weighted by Crippen LogP contribution is -2.37. The van der Waals surface area contributed by atoms with E-state index in [0.717, 1.165) is 12.8 Å². The highest BCUT2D eigenvalue weighted by Crippen LogP contribution is 2.35. The van der Waals surface area contributed by atoms with Crippen LogP contribution in [0.5, 0.6) is 0 Å². The van der Waals surface area contributed by atoms with Gasteiger partial charge in [-0.2, -0.15) is 0 Å². The van der Waals surface area contributed by atoms with Crippen molar-refractivity contribution >= 4 is 0 Å². The van der Waals surface area contributed by atoms with Crippen molar-refractivity contribution in [3.63, 3.8) is 0 Å². The second-order valence-corrected chi connectivity index (χ2v) is 5.29. The van der Waals surface area contributed by atoms with E-state index in [0.29, 0.717) is 12.1 Å². The van der Waals surface area contributed by atoms with Gasteiger partial charge in [0.15, 0.2) is 0 Å². The van der Waals surface area contributed by atoms with Gasteiger partial charge in [0.1, 0.15) is 0 Å². The van der Waals surface area contributed by atoms with Gasteiger partial charge >= 0.3 is 0 Å². The Bertz CT molecular complexity index is 377. The maximum atomic E-state index is 6.20. The van der Waals surface area contributed by atoms with E-state index in [1.54, 1.807) is 0 Å². The SMILES string of the molecule is Cn1ccc2c1CC(N)CC2N1CCCC1. The molecular weight excluding hydrogens is 198 g/mol. The molecule has 3 nitrogen and oxygen atoms in total. The van der Waals surface area contributed by atoms with Crippen molar-refractivity contribution in [2.75, 3.05) is 13.1 Å². The summed E-state index contributed by atoms with van der Waals surface area (Å²) < 4.78 is 2.25. The van der Waals surface area contributed by atoms with Crippen molar-refractivity contribution in [3.05, 3.63) is 23.5 Å². The van der Waals surface area contributed by atoms with Crippen molar-refractivity contribution in [1.29, 1.82) is 0 Å². The van der Waals surface area contributed by atoms with Crippen LogP contribution in [0.25, 0.3) is 0 Å². The smallest absolute Gasteiger partial charge is 0.0380 e. The Morgan fingerprint density at radius 1 is 1.31 bits per heavy atom. The third kappa shape index (κ3) is 1.59. The number of hydrogen-bond acceptors (Lipinski definition) is 2. The fourth-order valence-electron chi connectivity index (χ4n) is 3.29. The van der Waals surface area contributed by atoms with Crippen LogP contribution < -0.4 is 5.73 Å². The Morgan fingerprint density at radius 3 is 2.81 bits per heavy atom. The number of hydrogen-bond donors (Lipinski definition) is 1. The summed E-state index contributed by atoms with van der Waals surface area (Å²) in [6.07, 6.45) is 7.08. The highest BCUT2D eigenvalue weighted by molar-refractivity contribution is 5.30. The normalized spacial score (nSPS) is 30.6. The Balaban J connectivity index is 1.94. The summed E-state index contributed by atoms with van der Waals surface area (Å²) in [5.74, 6) is 0. The number of likely N-dealkylation sites (tertiary alicyclic amines) is 1. The first-order valence-electron chi connectivity index (χ1n) is 6.39. The zero-order valence-corrected chi connectivity index (χ0v) is 10.0. The zero-order valence-electron chi connectivity index (χ0n) is 10.0. The molecule has 3 rings (SSSR count). The van der Waals surface area contributed by atoms with E-state index < -0.39 is 0 Å². The van der Waals surface area contributed by atoms with E-state index in [-0.39, 0.29) is 0 Å². The van der Waals surface area contributed by atoms with Crippen LogP contribution in [-0.2, 0) is 13.5 Å². The van der Waals surface area contributed by atoms with Gasteiger partial charge in [0.05, 0.1) is 0 Å². The second kappa shape index (κ2) is 3.90. The van der Waals surface area contributed by atoms with Crippen LogP contribution in [0.1, 0.15) is 36.6 Å². The minimum absolute atomic E-state index is 0.340. The molecule has 88 valence electrons. The molecule has 1 aromatic heterocycles. The predicted octanol–water partition coefficient (Wildman–Crippen LogP) is 1.44. The molecule has 1 saturated heterocycles.